The second kappa shape index (κ2) is 5.55. The van der Waals surface area contributed by atoms with Gasteiger partial charge in [0.2, 0.25) is 0 Å². The van der Waals surface area contributed by atoms with Gasteiger partial charge in [-0.05, 0) is 25.2 Å². The van der Waals surface area contributed by atoms with Crippen molar-refractivity contribution in [3.05, 3.63) is 18.2 Å². The third kappa shape index (κ3) is 3.46. The van der Waals surface area contributed by atoms with E-state index in [-0.39, 0.29) is 5.54 Å². The van der Waals surface area contributed by atoms with Crippen LogP contribution in [0.5, 0.6) is 0 Å². The van der Waals surface area contributed by atoms with Crippen LogP contribution in [0.3, 0.4) is 0 Å². The zero-order valence-corrected chi connectivity index (χ0v) is 11.3. The summed E-state index contributed by atoms with van der Waals surface area (Å²) in [5, 5.41) is 18.7. The van der Waals surface area contributed by atoms with Crippen LogP contribution in [0.4, 0.5) is 13.2 Å². The number of alkyl halides is 3. The number of fused-ring (bicyclic) bond motifs is 2. The predicted octanol–water partition coefficient (Wildman–Crippen LogP) is 1.49. The molecule has 0 spiro atoms. The Morgan fingerprint density at radius 3 is 2.48 bits per heavy atom. The zero-order valence-electron chi connectivity index (χ0n) is 11.3. The minimum Gasteiger partial charge on any atom is -0.475 e. The van der Waals surface area contributed by atoms with Crippen LogP contribution >= 0.6 is 0 Å². The van der Waals surface area contributed by atoms with Gasteiger partial charge >= 0.3 is 12.1 Å². The highest BCUT2D eigenvalue weighted by Crippen LogP contribution is 2.46. The van der Waals surface area contributed by atoms with Crippen LogP contribution in [0.15, 0.2) is 12.4 Å². The van der Waals surface area contributed by atoms with E-state index < -0.39 is 12.1 Å². The maximum Gasteiger partial charge on any atom is 0.490 e. The Morgan fingerprint density at radius 2 is 2.05 bits per heavy atom. The van der Waals surface area contributed by atoms with Crippen LogP contribution in [0.2, 0.25) is 0 Å². The van der Waals surface area contributed by atoms with Gasteiger partial charge in [0, 0.05) is 12.2 Å². The molecule has 21 heavy (non-hydrogen) atoms. The Balaban J connectivity index is 0.000000199. The van der Waals surface area contributed by atoms with Crippen molar-refractivity contribution in [1.29, 1.82) is 0 Å². The molecule has 3 fully saturated rings. The molecule has 3 heterocycles. The summed E-state index contributed by atoms with van der Waals surface area (Å²) >= 11 is 0. The van der Waals surface area contributed by atoms with Gasteiger partial charge in [0.05, 0.1) is 11.7 Å². The van der Waals surface area contributed by atoms with Crippen LogP contribution in [0.25, 0.3) is 0 Å². The molecule has 2 N–H and O–H groups in total. The van der Waals surface area contributed by atoms with E-state index in [1.54, 1.807) is 12.4 Å². The fraction of sp³-hybridized carbons (Fsp3) is 0.667. The molecule has 1 saturated carbocycles. The van der Waals surface area contributed by atoms with E-state index in [2.05, 4.69) is 27.4 Å². The Kier molecular flexibility index (Phi) is 4.13. The molecule has 0 amide bonds. The highest BCUT2D eigenvalue weighted by Gasteiger charge is 2.52. The lowest BCUT2D eigenvalue weighted by molar-refractivity contribution is -0.192. The SMILES string of the molecule is CC1CC2CC(c3nccnn3)(C1)N2.O=C(O)C(F)(F)F. The highest BCUT2D eigenvalue weighted by atomic mass is 19.4. The van der Waals surface area contributed by atoms with E-state index in [0.717, 1.165) is 18.2 Å². The molecular formula is C12H15F3N4O2. The van der Waals surface area contributed by atoms with Crippen molar-refractivity contribution in [2.75, 3.05) is 0 Å². The number of carbonyl (C=O) groups is 1. The number of carboxylic acid groups (broad SMARTS) is 1. The molecule has 116 valence electrons. The summed E-state index contributed by atoms with van der Waals surface area (Å²) in [4.78, 5) is 13.2. The fourth-order valence-corrected chi connectivity index (χ4v) is 2.95. The fourth-order valence-electron chi connectivity index (χ4n) is 2.95. The monoisotopic (exact) mass is 304 g/mol. The molecule has 9 heteroatoms. The van der Waals surface area contributed by atoms with Crippen LogP contribution in [-0.4, -0.2) is 38.5 Å². The molecule has 4 rings (SSSR count). The lowest BCUT2D eigenvalue weighted by Crippen LogP contribution is -2.66. The van der Waals surface area contributed by atoms with Crippen molar-refractivity contribution >= 4 is 5.97 Å². The van der Waals surface area contributed by atoms with Gasteiger partial charge in [-0.1, -0.05) is 6.92 Å². The first-order chi connectivity index (χ1) is 9.73. The van der Waals surface area contributed by atoms with E-state index >= 15 is 0 Å². The van der Waals surface area contributed by atoms with Gasteiger partial charge in [-0.3, -0.25) is 0 Å². The molecule has 0 radical (unpaired) electrons. The normalized spacial score (nSPS) is 30.7. The van der Waals surface area contributed by atoms with E-state index in [0.29, 0.717) is 6.04 Å². The zero-order chi connectivity index (χ0) is 15.7. The number of halogens is 3. The molecule has 3 aliphatic rings. The number of aliphatic carboxylic acids is 1. The highest BCUT2D eigenvalue weighted by molar-refractivity contribution is 5.73. The molecule has 1 aromatic rings. The van der Waals surface area contributed by atoms with Crippen molar-refractivity contribution in [1.82, 2.24) is 20.5 Å². The van der Waals surface area contributed by atoms with Gasteiger partial charge in [-0.2, -0.15) is 18.3 Å². The third-order valence-electron chi connectivity index (χ3n) is 3.61. The molecular weight excluding hydrogens is 289 g/mol. The van der Waals surface area contributed by atoms with Gasteiger partial charge in [0.1, 0.15) is 0 Å². The second-order valence-corrected chi connectivity index (χ2v) is 5.44. The third-order valence-corrected chi connectivity index (χ3v) is 3.61. The summed E-state index contributed by atoms with van der Waals surface area (Å²) in [6, 6.07) is 0.683. The summed E-state index contributed by atoms with van der Waals surface area (Å²) in [6.07, 6.45) is 1.90. The Bertz CT molecular complexity index is 503. The maximum atomic E-state index is 10.6. The Morgan fingerprint density at radius 1 is 1.43 bits per heavy atom. The van der Waals surface area contributed by atoms with Crippen molar-refractivity contribution in [3.63, 3.8) is 0 Å². The van der Waals surface area contributed by atoms with E-state index in [1.165, 1.54) is 12.8 Å². The van der Waals surface area contributed by atoms with Crippen molar-refractivity contribution in [2.24, 2.45) is 5.92 Å². The summed E-state index contributed by atoms with van der Waals surface area (Å²) in [6.45, 7) is 2.30. The molecule has 3 atom stereocenters. The Labute approximate surface area is 118 Å². The van der Waals surface area contributed by atoms with E-state index in [4.69, 9.17) is 9.90 Å². The number of rotatable bonds is 1. The first-order valence-electron chi connectivity index (χ1n) is 6.45. The summed E-state index contributed by atoms with van der Waals surface area (Å²) in [5.74, 6) is -1.10. The number of hydrogen-bond donors (Lipinski definition) is 2. The molecule has 3 unspecified atom stereocenters. The number of carboxylic acids is 1. The summed E-state index contributed by atoms with van der Waals surface area (Å²) < 4.78 is 31.7. The second-order valence-electron chi connectivity index (χ2n) is 5.44. The molecule has 0 aromatic carbocycles. The molecule has 1 aromatic heterocycles. The smallest absolute Gasteiger partial charge is 0.475 e. The predicted molar refractivity (Wildman–Crippen MR) is 65.1 cm³/mol. The lowest BCUT2D eigenvalue weighted by Gasteiger charge is -2.54. The average Bonchev–Trinajstić information content (AvgIpc) is 2.37. The molecule has 2 saturated heterocycles. The molecule has 2 aliphatic heterocycles. The Hall–Kier alpha value is -1.77. The van der Waals surface area contributed by atoms with Gasteiger partial charge in [0.15, 0.2) is 5.82 Å². The quantitative estimate of drug-likeness (QED) is 0.817. The van der Waals surface area contributed by atoms with E-state index in [9.17, 15) is 13.2 Å². The first kappa shape index (κ1) is 15.6. The van der Waals surface area contributed by atoms with Gasteiger partial charge in [-0.25, -0.2) is 9.78 Å². The summed E-state index contributed by atoms with van der Waals surface area (Å²) in [7, 11) is 0. The van der Waals surface area contributed by atoms with Crippen LogP contribution in [-0.2, 0) is 10.3 Å². The van der Waals surface area contributed by atoms with Crippen LogP contribution in [0, 0.1) is 5.92 Å². The van der Waals surface area contributed by atoms with Crippen molar-refractivity contribution in [3.8, 4) is 0 Å². The number of nitrogens with one attached hydrogen (secondary N) is 1. The minimum atomic E-state index is -5.08. The van der Waals surface area contributed by atoms with Crippen molar-refractivity contribution in [2.45, 2.75) is 43.9 Å². The standard InChI is InChI=1S/C10H14N4.C2HF3O2/c1-7-4-8-6-10(5-7,13-8)9-11-2-3-12-14-9;3-2(4,5)1(6)7/h2-3,7-8,13H,4-6H2,1H3;(H,6,7). The van der Waals surface area contributed by atoms with Gasteiger partial charge in [-0.15, -0.1) is 5.10 Å². The van der Waals surface area contributed by atoms with Crippen LogP contribution in [0.1, 0.15) is 32.0 Å². The van der Waals surface area contributed by atoms with Gasteiger partial charge in [0.25, 0.3) is 0 Å². The first-order valence-corrected chi connectivity index (χ1v) is 6.45. The van der Waals surface area contributed by atoms with Gasteiger partial charge < -0.3 is 10.4 Å². The van der Waals surface area contributed by atoms with Crippen molar-refractivity contribution < 1.29 is 23.1 Å². The molecule has 1 aliphatic carbocycles. The van der Waals surface area contributed by atoms with E-state index in [1.807, 2.05) is 0 Å². The number of hydrogen-bond acceptors (Lipinski definition) is 5. The summed E-state index contributed by atoms with van der Waals surface area (Å²) in [5.41, 5.74) is 0.0522. The molecule has 2 bridgehead atoms. The van der Waals surface area contributed by atoms with Crippen LogP contribution < -0.4 is 5.32 Å². The number of piperidine rings is 1. The lowest BCUT2D eigenvalue weighted by atomic mass is 9.66. The number of aromatic nitrogens is 3. The number of nitrogens with zero attached hydrogens (tertiary/aromatic N) is 3. The largest absolute Gasteiger partial charge is 0.490 e. The topological polar surface area (TPSA) is 88.0 Å². The molecule has 6 nitrogen and oxygen atoms in total. The average molecular weight is 304 g/mol. The minimum absolute atomic E-state index is 0.0522. The maximum absolute atomic E-state index is 10.6.